The fraction of sp³-hybridized carbons (Fsp3) is 0.214. The van der Waals surface area contributed by atoms with Crippen molar-refractivity contribution in [3.05, 3.63) is 65.3 Å². The van der Waals surface area contributed by atoms with Gasteiger partial charge in [-0.05, 0) is 60.8 Å². The first-order valence-corrected chi connectivity index (χ1v) is 11.9. The number of aryl methyl sites for hydroxylation is 1. The van der Waals surface area contributed by atoms with Gasteiger partial charge in [0.1, 0.15) is 5.65 Å². The van der Waals surface area contributed by atoms with Gasteiger partial charge in [-0.3, -0.25) is 4.79 Å². The van der Waals surface area contributed by atoms with E-state index in [0.717, 1.165) is 59.5 Å². The van der Waals surface area contributed by atoms with E-state index in [1.165, 1.54) is 5.69 Å². The highest BCUT2D eigenvalue weighted by molar-refractivity contribution is 6.36. The summed E-state index contributed by atoms with van der Waals surface area (Å²) in [6, 6.07) is 16.3. The van der Waals surface area contributed by atoms with Crippen molar-refractivity contribution in [2.45, 2.75) is 6.92 Å². The molecule has 1 aliphatic rings. The lowest BCUT2D eigenvalue weighted by Gasteiger charge is -2.34. The molecule has 176 valence electrons. The number of fused-ring (bicyclic) bond motifs is 1. The van der Waals surface area contributed by atoms with Gasteiger partial charge in [0.25, 0.3) is 5.91 Å². The van der Waals surface area contributed by atoms with Crippen LogP contribution in [0.5, 0.6) is 0 Å². The van der Waals surface area contributed by atoms with Crippen molar-refractivity contribution in [1.82, 2.24) is 14.9 Å². The average molecular weight is 484 g/mol. The minimum absolute atomic E-state index is 0.483. The number of aromatic nitrogens is 2. The van der Waals surface area contributed by atoms with Gasteiger partial charge < -0.3 is 20.1 Å². The van der Waals surface area contributed by atoms with Crippen molar-refractivity contribution in [3.8, 4) is 34.7 Å². The lowest BCUT2D eigenvalue weighted by atomic mass is 9.97. The summed E-state index contributed by atoms with van der Waals surface area (Å²) in [4.78, 5) is 24.6. The number of likely N-dealkylation sites (N-methyl/N-ethyl adjacent to an activating group) is 1. The molecular weight excluding hydrogens is 458 g/mol. The van der Waals surface area contributed by atoms with Gasteiger partial charge in [-0.2, -0.15) is 0 Å². The number of rotatable bonds is 4. The topological polar surface area (TPSA) is 64.3 Å². The third-order valence-corrected chi connectivity index (χ3v) is 6.89. The van der Waals surface area contributed by atoms with Gasteiger partial charge >= 0.3 is 0 Å². The molecule has 5 rings (SSSR count). The Kier molecular flexibility index (Phi) is 6.21. The molecule has 6 nitrogen and oxygen atoms in total. The number of anilines is 2. The number of benzene rings is 2. The summed E-state index contributed by atoms with van der Waals surface area (Å²) >= 11 is 6.66. The number of terminal acetylenes is 1. The number of nitrogens with one attached hydrogen (secondary N) is 2. The second-order valence-electron chi connectivity index (χ2n) is 8.86. The van der Waals surface area contributed by atoms with Gasteiger partial charge in [-0.1, -0.05) is 35.9 Å². The van der Waals surface area contributed by atoms with Crippen LogP contribution in [0.3, 0.4) is 0 Å². The summed E-state index contributed by atoms with van der Waals surface area (Å²) in [5.74, 6) is 1.63. The van der Waals surface area contributed by atoms with Crippen LogP contribution in [0.1, 0.15) is 5.56 Å². The summed E-state index contributed by atoms with van der Waals surface area (Å²) in [7, 11) is 2.16. The van der Waals surface area contributed by atoms with E-state index in [1.54, 1.807) is 12.3 Å². The molecule has 0 spiro atoms. The van der Waals surface area contributed by atoms with E-state index >= 15 is 0 Å². The largest absolute Gasteiger partial charge is 0.369 e. The zero-order chi connectivity index (χ0) is 24.5. The third-order valence-electron chi connectivity index (χ3n) is 6.57. The molecule has 0 saturated carbocycles. The van der Waals surface area contributed by atoms with Crippen LogP contribution in [-0.4, -0.2) is 54.0 Å². The van der Waals surface area contributed by atoms with Crippen LogP contribution >= 0.6 is 11.6 Å². The molecule has 0 radical (unpaired) electrons. The zero-order valence-corrected chi connectivity index (χ0v) is 20.5. The molecular formula is C28H26ClN5O. The normalized spacial score (nSPS) is 14.2. The molecule has 4 aromatic rings. The van der Waals surface area contributed by atoms with E-state index in [1.807, 2.05) is 25.1 Å². The van der Waals surface area contributed by atoms with E-state index < -0.39 is 5.91 Å². The average Bonchev–Trinajstić information content (AvgIpc) is 3.27. The number of hydrogen-bond donors (Lipinski definition) is 2. The smallest absolute Gasteiger partial charge is 0.300 e. The Morgan fingerprint density at radius 1 is 1.09 bits per heavy atom. The number of hydrogen-bond acceptors (Lipinski definition) is 4. The first-order valence-electron chi connectivity index (χ1n) is 11.5. The van der Waals surface area contributed by atoms with Gasteiger partial charge in [-0.25, -0.2) is 4.98 Å². The lowest BCUT2D eigenvalue weighted by molar-refractivity contribution is -0.111. The molecule has 1 fully saturated rings. The lowest BCUT2D eigenvalue weighted by Crippen LogP contribution is -2.44. The van der Waals surface area contributed by atoms with Crippen molar-refractivity contribution in [3.63, 3.8) is 0 Å². The van der Waals surface area contributed by atoms with Gasteiger partial charge in [-0.15, -0.1) is 6.42 Å². The number of nitrogens with zero attached hydrogens (tertiary/aromatic N) is 3. The molecule has 1 amide bonds. The maximum absolute atomic E-state index is 11.9. The van der Waals surface area contributed by atoms with Crippen LogP contribution in [0.25, 0.3) is 33.4 Å². The van der Waals surface area contributed by atoms with Crippen LogP contribution in [0.2, 0.25) is 5.02 Å². The van der Waals surface area contributed by atoms with Crippen LogP contribution in [-0.2, 0) is 4.79 Å². The summed E-state index contributed by atoms with van der Waals surface area (Å²) in [6.07, 6.45) is 6.96. The van der Waals surface area contributed by atoms with Crippen LogP contribution in [0, 0.1) is 19.3 Å². The maximum Gasteiger partial charge on any atom is 0.300 e. The van der Waals surface area contributed by atoms with Crippen molar-refractivity contribution in [2.24, 2.45) is 0 Å². The summed E-state index contributed by atoms with van der Waals surface area (Å²) in [6.45, 7) is 6.08. The fourth-order valence-electron chi connectivity index (χ4n) is 4.56. The Morgan fingerprint density at radius 3 is 2.51 bits per heavy atom. The predicted octanol–water partition coefficient (Wildman–Crippen LogP) is 5.18. The predicted molar refractivity (Wildman–Crippen MR) is 144 cm³/mol. The Bertz CT molecular complexity index is 1440. The summed E-state index contributed by atoms with van der Waals surface area (Å²) < 4.78 is 0. The van der Waals surface area contributed by atoms with Crippen LogP contribution in [0.15, 0.2) is 54.7 Å². The van der Waals surface area contributed by atoms with E-state index in [4.69, 9.17) is 18.0 Å². The zero-order valence-electron chi connectivity index (χ0n) is 19.7. The quantitative estimate of drug-likeness (QED) is 0.392. The molecule has 2 aromatic heterocycles. The molecule has 0 unspecified atom stereocenters. The van der Waals surface area contributed by atoms with Crippen molar-refractivity contribution < 1.29 is 4.79 Å². The Balaban J connectivity index is 1.61. The van der Waals surface area contributed by atoms with Crippen molar-refractivity contribution in [1.29, 1.82) is 0 Å². The van der Waals surface area contributed by atoms with E-state index in [9.17, 15) is 4.79 Å². The number of amides is 1. The first-order chi connectivity index (χ1) is 16.9. The minimum atomic E-state index is -0.483. The fourth-order valence-corrected chi connectivity index (χ4v) is 4.80. The second-order valence-corrected chi connectivity index (χ2v) is 9.26. The SMILES string of the molecule is C#CC(=O)Nc1cc(-c2c(-c3ccc(N4CCN(C)CC4)cc3)[nH]c3nccc(Cl)c23)ccc1C. The molecule has 35 heavy (non-hydrogen) atoms. The standard InChI is InChI=1S/C28H26ClN5O/c1-4-24(35)31-23-17-20(6-5-18(23)2)25-26-22(29)11-12-30-28(26)32-27(25)19-7-9-21(10-8-19)34-15-13-33(3)14-16-34/h1,5-12,17H,13-16H2,2-3H3,(H,30,32)(H,31,35). The molecule has 2 aromatic carbocycles. The van der Waals surface area contributed by atoms with E-state index in [0.29, 0.717) is 16.4 Å². The molecule has 0 bridgehead atoms. The number of H-pyrrole nitrogens is 1. The molecule has 0 atom stereocenters. The second kappa shape index (κ2) is 9.46. The number of halogens is 1. The van der Waals surface area contributed by atoms with Crippen molar-refractivity contribution in [2.75, 3.05) is 43.4 Å². The molecule has 7 heteroatoms. The van der Waals surface area contributed by atoms with Crippen LogP contribution in [0.4, 0.5) is 11.4 Å². The van der Waals surface area contributed by atoms with Crippen molar-refractivity contribution >= 4 is 39.9 Å². The summed E-state index contributed by atoms with van der Waals surface area (Å²) in [5, 5.41) is 4.23. The highest BCUT2D eigenvalue weighted by Gasteiger charge is 2.20. The molecule has 1 saturated heterocycles. The van der Waals surface area contributed by atoms with E-state index in [-0.39, 0.29) is 0 Å². The molecule has 2 N–H and O–H groups in total. The van der Waals surface area contributed by atoms with Gasteiger partial charge in [0.2, 0.25) is 0 Å². The maximum atomic E-state index is 11.9. The third kappa shape index (κ3) is 4.49. The minimum Gasteiger partial charge on any atom is -0.369 e. The van der Waals surface area contributed by atoms with Gasteiger partial charge in [0.15, 0.2) is 0 Å². The number of aromatic amines is 1. The van der Waals surface area contributed by atoms with Gasteiger partial charge in [0, 0.05) is 54.7 Å². The Labute approximate surface area is 209 Å². The van der Waals surface area contributed by atoms with Gasteiger partial charge in [0.05, 0.1) is 10.7 Å². The number of carbonyl (C=O) groups excluding carboxylic acids is 1. The number of piperazine rings is 1. The molecule has 3 heterocycles. The highest BCUT2D eigenvalue weighted by atomic mass is 35.5. The summed E-state index contributed by atoms with van der Waals surface area (Å²) in [5.41, 5.74) is 7.29. The first kappa shape index (κ1) is 23.0. The monoisotopic (exact) mass is 483 g/mol. The molecule has 1 aliphatic heterocycles. The number of carbonyl (C=O) groups is 1. The Hall–Kier alpha value is -3.79. The van der Waals surface area contributed by atoms with E-state index in [2.05, 4.69) is 62.3 Å². The Morgan fingerprint density at radius 2 is 1.80 bits per heavy atom. The number of pyridine rings is 1. The highest BCUT2D eigenvalue weighted by Crippen LogP contribution is 2.42. The van der Waals surface area contributed by atoms with Crippen LogP contribution < -0.4 is 10.2 Å². The molecule has 0 aliphatic carbocycles.